The topological polar surface area (TPSA) is 112 Å². The lowest BCUT2D eigenvalue weighted by molar-refractivity contribution is -0.121. The molecule has 0 N–H and O–H groups in total. The summed E-state index contributed by atoms with van der Waals surface area (Å²) in [5.41, 5.74) is -1.00. The summed E-state index contributed by atoms with van der Waals surface area (Å²) in [7, 11) is 0. The molecule has 0 spiro atoms. The third-order valence-corrected chi connectivity index (χ3v) is 5.54. The van der Waals surface area contributed by atoms with Crippen LogP contribution in [0.5, 0.6) is 0 Å². The molecule has 4 fully saturated rings. The van der Waals surface area contributed by atoms with Crippen LogP contribution in [-0.2, 0) is 28.5 Å². The van der Waals surface area contributed by atoms with Crippen molar-refractivity contribution >= 4 is 23.8 Å². The number of carbonyl (C=O) groups is 4. The Morgan fingerprint density at radius 3 is 1.34 bits per heavy atom. The van der Waals surface area contributed by atoms with Crippen LogP contribution in [0.25, 0.3) is 0 Å². The third-order valence-electron chi connectivity index (χ3n) is 5.54. The molecule has 4 saturated heterocycles. The summed E-state index contributed by atoms with van der Waals surface area (Å²) < 4.78 is 21.1. The zero-order valence-electron chi connectivity index (χ0n) is 19.7. The van der Waals surface area contributed by atoms with Crippen LogP contribution in [0.4, 0.5) is 9.59 Å². The molecule has 0 aromatic carbocycles. The van der Waals surface area contributed by atoms with E-state index in [0.717, 1.165) is 0 Å². The fourth-order valence-corrected chi connectivity index (χ4v) is 4.05. The minimum absolute atomic E-state index is 0.0936. The first-order chi connectivity index (χ1) is 14.7. The molecule has 0 aromatic rings. The van der Waals surface area contributed by atoms with Crippen molar-refractivity contribution in [1.29, 1.82) is 0 Å². The second-order valence-corrected chi connectivity index (χ2v) is 10.6. The molecular weight excluding hydrogens is 420 g/mol. The Balaban J connectivity index is 0.000000181. The fourth-order valence-electron chi connectivity index (χ4n) is 4.05. The predicted octanol–water partition coefficient (Wildman–Crippen LogP) is 1.64. The number of rotatable bonds is 0. The first-order valence-corrected chi connectivity index (χ1v) is 11.0. The van der Waals surface area contributed by atoms with Crippen LogP contribution in [-0.4, -0.2) is 96.4 Å². The summed E-state index contributed by atoms with van der Waals surface area (Å²) in [6.07, 6.45) is -0.975. The van der Waals surface area contributed by atoms with Crippen LogP contribution in [0.2, 0.25) is 0 Å². The zero-order chi connectivity index (χ0) is 23.8. The van der Waals surface area contributed by atoms with Crippen molar-refractivity contribution in [2.75, 3.05) is 39.4 Å². The van der Waals surface area contributed by atoms with Crippen molar-refractivity contribution in [1.82, 2.24) is 9.80 Å². The van der Waals surface area contributed by atoms with E-state index in [-0.39, 0.29) is 61.0 Å². The van der Waals surface area contributed by atoms with Crippen molar-refractivity contribution < 1.29 is 38.1 Å². The number of likely N-dealkylation sites (tertiary alicyclic amines) is 2. The van der Waals surface area contributed by atoms with Gasteiger partial charge in [0.1, 0.15) is 24.4 Å². The second kappa shape index (κ2) is 8.97. The van der Waals surface area contributed by atoms with E-state index in [1.54, 1.807) is 9.80 Å². The fraction of sp³-hybridized carbons (Fsp3) is 0.818. The van der Waals surface area contributed by atoms with Crippen molar-refractivity contribution in [3.8, 4) is 0 Å². The van der Waals surface area contributed by atoms with E-state index < -0.39 is 11.2 Å². The van der Waals surface area contributed by atoms with Crippen LogP contribution >= 0.6 is 0 Å². The van der Waals surface area contributed by atoms with Crippen molar-refractivity contribution in [2.45, 2.75) is 65.0 Å². The minimum atomic E-state index is -0.500. The Morgan fingerprint density at radius 2 is 1.06 bits per heavy atom. The summed E-state index contributed by atoms with van der Waals surface area (Å²) in [4.78, 5) is 49.4. The average molecular weight is 455 g/mol. The highest BCUT2D eigenvalue weighted by Gasteiger charge is 2.46. The first kappa shape index (κ1) is 24.4. The second-order valence-electron chi connectivity index (χ2n) is 10.6. The number of nitrogens with zero attached hydrogens (tertiary/aromatic N) is 2. The molecule has 4 atom stereocenters. The molecule has 4 aliphatic rings. The molecule has 4 unspecified atom stereocenters. The van der Waals surface area contributed by atoms with E-state index in [2.05, 4.69) is 0 Å². The van der Waals surface area contributed by atoms with Crippen LogP contribution in [0.3, 0.4) is 0 Å². The molecule has 4 rings (SSSR count). The molecule has 180 valence electrons. The summed E-state index contributed by atoms with van der Waals surface area (Å²) >= 11 is 0. The first-order valence-electron chi connectivity index (χ1n) is 11.0. The van der Waals surface area contributed by atoms with Gasteiger partial charge in [-0.25, -0.2) is 9.59 Å². The van der Waals surface area contributed by atoms with Gasteiger partial charge in [-0.15, -0.1) is 0 Å². The highest BCUT2D eigenvalue weighted by molar-refractivity contribution is 5.86. The number of fused-ring (bicyclic) bond motifs is 2. The molecule has 0 saturated carbocycles. The SMILES string of the molecule is CC(C)(C)OC(=O)N1CC2OCC(=O)C2C1.CC(C)(C)OC(=O)N1CC2OCC(=O)C2C1. The molecule has 0 radical (unpaired) electrons. The Morgan fingerprint density at radius 1 is 0.719 bits per heavy atom. The van der Waals surface area contributed by atoms with Crippen molar-refractivity contribution in [3.05, 3.63) is 0 Å². The quantitative estimate of drug-likeness (QED) is 0.543. The van der Waals surface area contributed by atoms with Crippen molar-refractivity contribution in [3.63, 3.8) is 0 Å². The molecule has 4 aliphatic heterocycles. The van der Waals surface area contributed by atoms with Crippen molar-refractivity contribution in [2.24, 2.45) is 11.8 Å². The summed E-state index contributed by atoms with van der Waals surface area (Å²) in [5.74, 6) is -0.104. The highest BCUT2D eigenvalue weighted by atomic mass is 16.6. The molecule has 4 heterocycles. The Hall–Kier alpha value is -2.20. The summed E-state index contributed by atoms with van der Waals surface area (Å²) in [6.45, 7) is 13.1. The maximum atomic E-state index is 11.7. The van der Waals surface area contributed by atoms with Gasteiger partial charge in [0.15, 0.2) is 11.6 Å². The lowest BCUT2D eigenvalue weighted by atomic mass is 10.1. The number of hydrogen-bond acceptors (Lipinski definition) is 8. The van der Waals surface area contributed by atoms with Crippen LogP contribution < -0.4 is 0 Å². The van der Waals surface area contributed by atoms with E-state index >= 15 is 0 Å². The summed E-state index contributed by atoms with van der Waals surface area (Å²) in [5, 5.41) is 0. The predicted molar refractivity (Wildman–Crippen MR) is 112 cm³/mol. The van der Waals surface area contributed by atoms with Gasteiger partial charge in [-0.1, -0.05) is 0 Å². The zero-order valence-corrected chi connectivity index (χ0v) is 19.7. The number of carbonyl (C=O) groups excluding carboxylic acids is 4. The number of amides is 2. The van der Waals surface area contributed by atoms with Gasteiger partial charge < -0.3 is 28.7 Å². The maximum Gasteiger partial charge on any atom is 0.410 e. The number of ketones is 2. The number of Topliss-reactive ketones (excluding diaryl/α,β-unsaturated/α-hetero) is 2. The molecule has 32 heavy (non-hydrogen) atoms. The van der Waals surface area contributed by atoms with Gasteiger partial charge in [0.25, 0.3) is 0 Å². The number of ether oxygens (including phenoxy) is 4. The molecule has 2 amide bonds. The van der Waals surface area contributed by atoms with E-state index in [9.17, 15) is 19.2 Å². The maximum absolute atomic E-state index is 11.7. The van der Waals surface area contributed by atoms with E-state index in [1.807, 2.05) is 41.5 Å². The van der Waals surface area contributed by atoms with Crippen LogP contribution in [0.15, 0.2) is 0 Å². The largest absolute Gasteiger partial charge is 0.444 e. The normalized spacial score (nSPS) is 29.4. The monoisotopic (exact) mass is 454 g/mol. The van der Waals surface area contributed by atoms with Crippen LogP contribution in [0, 0.1) is 11.8 Å². The molecule has 0 aliphatic carbocycles. The van der Waals surface area contributed by atoms with Gasteiger partial charge in [0.05, 0.1) is 37.1 Å². The minimum Gasteiger partial charge on any atom is -0.444 e. The Kier molecular flexibility index (Phi) is 6.86. The van der Waals surface area contributed by atoms with E-state index in [0.29, 0.717) is 26.2 Å². The average Bonchev–Trinajstić information content (AvgIpc) is 3.37. The van der Waals surface area contributed by atoms with Gasteiger partial charge in [-0.2, -0.15) is 0 Å². The Bertz CT molecular complexity index is 705. The standard InChI is InChI=1S/2C11H17NO4/c2*1-11(2,3)16-10(14)12-4-7-8(13)6-15-9(7)5-12/h2*7,9H,4-6H2,1-3H3. The highest BCUT2D eigenvalue weighted by Crippen LogP contribution is 2.28. The van der Waals surface area contributed by atoms with Gasteiger partial charge >= 0.3 is 12.2 Å². The van der Waals surface area contributed by atoms with E-state index in [1.165, 1.54) is 0 Å². The van der Waals surface area contributed by atoms with Gasteiger partial charge in [-0.05, 0) is 41.5 Å². The molecule has 10 heteroatoms. The van der Waals surface area contributed by atoms with Gasteiger partial charge in [0.2, 0.25) is 0 Å². The smallest absolute Gasteiger partial charge is 0.410 e. The van der Waals surface area contributed by atoms with Crippen LogP contribution in [0.1, 0.15) is 41.5 Å². The summed E-state index contributed by atoms with van der Waals surface area (Å²) in [6, 6.07) is 0. The van der Waals surface area contributed by atoms with E-state index in [4.69, 9.17) is 18.9 Å². The third kappa shape index (κ3) is 5.98. The lowest BCUT2D eigenvalue weighted by Crippen LogP contribution is -2.36. The molecular formula is C22H34N2O8. The Labute approximate surface area is 188 Å². The lowest BCUT2D eigenvalue weighted by Gasteiger charge is -2.24. The van der Waals surface area contributed by atoms with Gasteiger partial charge in [0, 0.05) is 13.1 Å². The molecule has 10 nitrogen and oxygen atoms in total. The number of hydrogen-bond donors (Lipinski definition) is 0. The molecule has 0 bridgehead atoms. The molecule has 0 aromatic heterocycles. The van der Waals surface area contributed by atoms with Gasteiger partial charge in [-0.3, -0.25) is 9.59 Å².